The van der Waals surface area contributed by atoms with Gasteiger partial charge in [-0.3, -0.25) is 0 Å². The van der Waals surface area contributed by atoms with Crippen molar-refractivity contribution >= 4 is 39.9 Å². The summed E-state index contributed by atoms with van der Waals surface area (Å²) in [6.07, 6.45) is 2.03. The zero-order valence-electron chi connectivity index (χ0n) is 11.9. The van der Waals surface area contributed by atoms with Crippen LogP contribution < -0.4 is 11.1 Å². The van der Waals surface area contributed by atoms with Crippen LogP contribution in [0, 0.1) is 10.5 Å². The summed E-state index contributed by atoms with van der Waals surface area (Å²) in [4.78, 5) is 0. The smallest absolute Gasteiger partial charge is 0.0479 e. The summed E-state index contributed by atoms with van der Waals surface area (Å²) in [5.74, 6) is 0. The van der Waals surface area contributed by atoms with Crippen molar-refractivity contribution in [2.75, 3.05) is 12.3 Å². The molecule has 2 aromatic rings. The van der Waals surface area contributed by atoms with E-state index in [1.807, 2.05) is 6.07 Å². The second-order valence-electron chi connectivity index (χ2n) is 5.61. The van der Waals surface area contributed by atoms with E-state index in [1.165, 1.54) is 16.7 Å². The van der Waals surface area contributed by atoms with Gasteiger partial charge in [-0.2, -0.15) is 0 Å². The van der Waals surface area contributed by atoms with Crippen LogP contribution in [0.2, 0.25) is 5.02 Å². The Morgan fingerprint density at radius 1 is 1.33 bits per heavy atom. The average molecular weight is 413 g/mol. The van der Waals surface area contributed by atoms with Gasteiger partial charge in [0.25, 0.3) is 0 Å². The summed E-state index contributed by atoms with van der Waals surface area (Å²) < 4.78 is 1.13. The molecule has 2 aromatic carbocycles. The average Bonchev–Trinajstić information content (AvgIpc) is 2.45. The fraction of sp³-hybridized carbons (Fsp3) is 0.294. The molecule has 1 unspecified atom stereocenters. The van der Waals surface area contributed by atoms with E-state index in [0.717, 1.165) is 39.2 Å². The van der Waals surface area contributed by atoms with Crippen LogP contribution >= 0.6 is 34.2 Å². The summed E-state index contributed by atoms with van der Waals surface area (Å²) in [6, 6.07) is 10.9. The predicted octanol–water partition coefficient (Wildman–Crippen LogP) is 4.26. The Kier molecular flexibility index (Phi) is 4.43. The molecule has 2 nitrogen and oxygen atoms in total. The molecule has 4 heteroatoms. The third-order valence-electron chi connectivity index (χ3n) is 4.10. The molecule has 3 N–H and O–H groups in total. The number of nitrogens with one attached hydrogen (secondary N) is 1. The Bertz CT molecular complexity index is 661. The number of nitrogens with two attached hydrogens (primary N) is 1. The second kappa shape index (κ2) is 6.15. The quantitative estimate of drug-likeness (QED) is 0.571. The molecule has 0 fully saturated rings. The monoisotopic (exact) mass is 412 g/mol. The largest absolute Gasteiger partial charge is 0.398 e. The highest BCUT2D eigenvalue weighted by Crippen LogP contribution is 2.30. The van der Waals surface area contributed by atoms with Gasteiger partial charge in [-0.15, -0.1) is 0 Å². The third kappa shape index (κ3) is 3.20. The van der Waals surface area contributed by atoms with Crippen LogP contribution in [-0.2, 0) is 12.8 Å². The van der Waals surface area contributed by atoms with Gasteiger partial charge in [-0.25, -0.2) is 0 Å². The molecule has 0 saturated carbocycles. The Hall–Kier alpha value is -0.780. The van der Waals surface area contributed by atoms with E-state index in [-0.39, 0.29) is 0 Å². The lowest BCUT2D eigenvalue weighted by atomic mass is 9.90. The van der Waals surface area contributed by atoms with Gasteiger partial charge in [0.15, 0.2) is 0 Å². The molecule has 0 aromatic heterocycles. The first-order valence-electron chi connectivity index (χ1n) is 7.11. The number of halogens is 2. The van der Waals surface area contributed by atoms with Gasteiger partial charge in [0.2, 0.25) is 0 Å². The standard InChI is InChI=1S/C17H18ClIN2/c1-10-6-11(7-15(19)17(10)20)8-16-14-9-13(18)3-2-12(14)4-5-21-16/h2-3,6-7,9,16,21H,4-5,8,20H2,1H3. The molecule has 21 heavy (non-hydrogen) atoms. The van der Waals surface area contributed by atoms with E-state index in [0.29, 0.717) is 6.04 Å². The van der Waals surface area contributed by atoms with Crippen molar-refractivity contribution in [3.8, 4) is 0 Å². The van der Waals surface area contributed by atoms with Crippen molar-refractivity contribution in [2.45, 2.75) is 25.8 Å². The first-order valence-corrected chi connectivity index (χ1v) is 8.56. The number of fused-ring (bicyclic) bond motifs is 1. The van der Waals surface area contributed by atoms with Gasteiger partial charge < -0.3 is 11.1 Å². The van der Waals surface area contributed by atoms with Crippen LogP contribution in [0.3, 0.4) is 0 Å². The van der Waals surface area contributed by atoms with E-state index in [1.54, 1.807) is 0 Å². The van der Waals surface area contributed by atoms with Crippen LogP contribution in [0.5, 0.6) is 0 Å². The van der Waals surface area contributed by atoms with Crippen LogP contribution in [-0.4, -0.2) is 6.54 Å². The normalized spacial score (nSPS) is 17.6. The summed E-state index contributed by atoms with van der Waals surface area (Å²) in [7, 11) is 0. The molecule has 0 spiro atoms. The van der Waals surface area contributed by atoms with Crippen LogP contribution in [0.1, 0.15) is 28.3 Å². The van der Waals surface area contributed by atoms with E-state index in [9.17, 15) is 0 Å². The molecule has 110 valence electrons. The maximum Gasteiger partial charge on any atom is 0.0479 e. The van der Waals surface area contributed by atoms with E-state index < -0.39 is 0 Å². The number of hydrogen-bond donors (Lipinski definition) is 2. The van der Waals surface area contributed by atoms with Crippen LogP contribution in [0.25, 0.3) is 0 Å². The number of benzene rings is 2. The van der Waals surface area contributed by atoms with Gasteiger partial charge in [0.05, 0.1) is 0 Å². The van der Waals surface area contributed by atoms with Crippen LogP contribution in [0.4, 0.5) is 5.69 Å². The highest BCUT2D eigenvalue weighted by atomic mass is 127. The molecular weight excluding hydrogens is 395 g/mol. The molecule has 0 saturated heterocycles. The molecule has 3 rings (SSSR count). The zero-order valence-corrected chi connectivity index (χ0v) is 14.8. The molecule has 0 bridgehead atoms. The van der Waals surface area contributed by atoms with E-state index in [4.69, 9.17) is 17.3 Å². The SMILES string of the molecule is Cc1cc(CC2NCCc3ccc(Cl)cc32)cc(I)c1N. The van der Waals surface area contributed by atoms with Gasteiger partial charge in [0.1, 0.15) is 0 Å². The lowest BCUT2D eigenvalue weighted by Gasteiger charge is -2.27. The Balaban J connectivity index is 1.92. The summed E-state index contributed by atoms with van der Waals surface area (Å²) in [5.41, 5.74) is 12.1. The lowest BCUT2D eigenvalue weighted by molar-refractivity contribution is 0.502. The van der Waals surface area contributed by atoms with E-state index in [2.05, 4.69) is 59.1 Å². The minimum Gasteiger partial charge on any atom is -0.398 e. The topological polar surface area (TPSA) is 38.0 Å². The van der Waals surface area contributed by atoms with Crippen LogP contribution in [0.15, 0.2) is 30.3 Å². The van der Waals surface area contributed by atoms with Gasteiger partial charge >= 0.3 is 0 Å². The van der Waals surface area contributed by atoms with Crippen molar-refractivity contribution in [3.63, 3.8) is 0 Å². The second-order valence-corrected chi connectivity index (χ2v) is 7.21. The van der Waals surface area contributed by atoms with Crippen molar-refractivity contribution in [2.24, 2.45) is 0 Å². The summed E-state index contributed by atoms with van der Waals surface area (Å²) in [5, 5.41) is 4.42. The fourth-order valence-corrected chi connectivity index (χ4v) is 3.98. The summed E-state index contributed by atoms with van der Waals surface area (Å²) >= 11 is 8.48. The lowest BCUT2D eigenvalue weighted by Crippen LogP contribution is -2.31. The number of anilines is 1. The number of aryl methyl sites for hydroxylation is 1. The van der Waals surface area contributed by atoms with Gasteiger partial charge in [-0.1, -0.05) is 23.7 Å². The van der Waals surface area contributed by atoms with Crippen molar-refractivity contribution in [3.05, 3.63) is 61.2 Å². The summed E-state index contributed by atoms with van der Waals surface area (Å²) in [6.45, 7) is 3.09. The molecular formula is C17H18ClIN2. The molecule has 0 aliphatic carbocycles. The van der Waals surface area contributed by atoms with Gasteiger partial charge in [-0.05, 0) is 89.4 Å². The molecule has 1 aliphatic rings. The minimum atomic E-state index is 0.325. The first-order chi connectivity index (χ1) is 10.0. The van der Waals surface area contributed by atoms with Crippen molar-refractivity contribution < 1.29 is 0 Å². The van der Waals surface area contributed by atoms with Gasteiger partial charge in [0, 0.05) is 20.3 Å². The first kappa shape index (κ1) is 15.1. The maximum absolute atomic E-state index is 6.17. The molecule has 0 radical (unpaired) electrons. The molecule has 1 heterocycles. The molecule has 1 aliphatic heterocycles. The third-order valence-corrected chi connectivity index (χ3v) is 5.23. The zero-order chi connectivity index (χ0) is 15.0. The maximum atomic E-state index is 6.17. The molecule has 1 atom stereocenters. The highest BCUT2D eigenvalue weighted by Gasteiger charge is 2.20. The fourth-order valence-electron chi connectivity index (χ4n) is 2.97. The predicted molar refractivity (Wildman–Crippen MR) is 97.9 cm³/mol. The Morgan fingerprint density at radius 3 is 2.90 bits per heavy atom. The van der Waals surface area contributed by atoms with Crippen molar-refractivity contribution in [1.29, 1.82) is 0 Å². The number of nitrogen functional groups attached to an aromatic ring is 1. The minimum absolute atomic E-state index is 0.325. The number of rotatable bonds is 2. The Morgan fingerprint density at radius 2 is 2.14 bits per heavy atom. The Labute approximate surface area is 144 Å². The number of hydrogen-bond acceptors (Lipinski definition) is 2. The van der Waals surface area contributed by atoms with E-state index >= 15 is 0 Å². The van der Waals surface area contributed by atoms with Crippen molar-refractivity contribution in [1.82, 2.24) is 5.32 Å². The molecule has 0 amide bonds. The highest BCUT2D eigenvalue weighted by molar-refractivity contribution is 14.1.